The molecule has 66 valence electrons. The standard InChI is InChI=1S/C9H12O3/c1-6-3-7(5-10)4-8(11)9(6)12-2/h3-4,10-11H,5H2,1-2H3. The molecule has 0 heterocycles. The van der Waals surface area contributed by atoms with Crippen LogP contribution in [0.1, 0.15) is 11.1 Å². The summed E-state index contributed by atoms with van der Waals surface area (Å²) in [4.78, 5) is 0. The molecule has 12 heavy (non-hydrogen) atoms. The summed E-state index contributed by atoms with van der Waals surface area (Å²) in [6.07, 6.45) is 0. The molecule has 3 nitrogen and oxygen atoms in total. The van der Waals surface area contributed by atoms with E-state index in [1.807, 2.05) is 6.92 Å². The predicted octanol–water partition coefficient (Wildman–Crippen LogP) is 1.20. The van der Waals surface area contributed by atoms with Crippen LogP contribution >= 0.6 is 0 Å². The van der Waals surface area contributed by atoms with Gasteiger partial charge in [-0.2, -0.15) is 0 Å². The topological polar surface area (TPSA) is 49.7 Å². The lowest BCUT2D eigenvalue weighted by atomic mass is 10.1. The number of phenols is 1. The molecule has 0 unspecified atom stereocenters. The van der Waals surface area contributed by atoms with Crippen LogP contribution in [0, 0.1) is 6.92 Å². The first-order valence-corrected chi connectivity index (χ1v) is 3.66. The van der Waals surface area contributed by atoms with Crippen molar-refractivity contribution in [3.05, 3.63) is 23.3 Å². The molecule has 0 saturated heterocycles. The van der Waals surface area contributed by atoms with Crippen molar-refractivity contribution in [2.75, 3.05) is 7.11 Å². The van der Waals surface area contributed by atoms with Gasteiger partial charge in [-0.1, -0.05) is 0 Å². The molecule has 3 heteroatoms. The van der Waals surface area contributed by atoms with Crippen molar-refractivity contribution in [1.29, 1.82) is 0 Å². The zero-order chi connectivity index (χ0) is 9.14. The largest absolute Gasteiger partial charge is 0.504 e. The van der Waals surface area contributed by atoms with E-state index in [9.17, 15) is 5.11 Å². The van der Waals surface area contributed by atoms with E-state index in [0.29, 0.717) is 11.3 Å². The molecule has 0 amide bonds. The second kappa shape index (κ2) is 3.45. The summed E-state index contributed by atoms with van der Waals surface area (Å²) in [6, 6.07) is 3.27. The normalized spacial score (nSPS) is 9.92. The van der Waals surface area contributed by atoms with Gasteiger partial charge in [0, 0.05) is 0 Å². The van der Waals surface area contributed by atoms with Crippen molar-refractivity contribution in [3.8, 4) is 11.5 Å². The number of rotatable bonds is 2. The minimum Gasteiger partial charge on any atom is -0.504 e. The summed E-state index contributed by atoms with van der Waals surface area (Å²) in [5.41, 5.74) is 1.51. The van der Waals surface area contributed by atoms with Gasteiger partial charge in [0.15, 0.2) is 11.5 Å². The van der Waals surface area contributed by atoms with E-state index < -0.39 is 0 Å². The van der Waals surface area contributed by atoms with Gasteiger partial charge in [-0.05, 0) is 30.2 Å². The van der Waals surface area contributed by atoms with Gasteiger partial charge in [-0.3, -0.25) is 0 Å². The summed E-state index contributed by atoms with van der Waals surface area (Å²) in [5, 5.41) is 18.2. The minimum atomic E-state index is -0.0710. The third kappa shape index (κ3) is 1.51. The molecule has 0 radical (unpaired) electrons. The molecule has 1 rings (SSSR count). The Morgan fingerprint density at radius 3 is 2.50 bits per heavy atom. The fourth-order valence-electron chi connectivity index (χ4n) is 1.19. The highest BCUT2D eigenvalue weighted by Gasteiger charge is 2.06. The molecule has 0 fully saturated rings. The Bertz CT molecular complexity index is 258. The third-order valence-electron chi connectivity index (χ3n) is 1.70. The van der Waals surface area contributed by atoms with Crippen molar-refractivity contribution >= 4 is 0 Å². The van der Waals surface area contributed by atoms with Crippen LogP contribution in [0.5, 0.6) is 11.5 Å². The smallest absolute Gasteiger partial charge is 0.163 e. The molecule has 1 aromatic rings. The van der Waals surface area contributed by atoms with Crippen LogP contribution in [0.4, 0.5) is 0 Å². The lowest BCUT2D eigenvalue weighted by Gasteiger charge is -2.08. The molecule has 0 spiro atoms. The van der Waals surface area contributed by atoms with Crippen molar-refractivity contribution in [1.82, 2.24) is 0 Å². The summed E-state index contributed by atoms with van der Waals surface area (Å²) in [5.74, 6) is 0.536. The van der Waals surface area contributed by atoms with Gasteiger partial charge in [-0.25, -0.2) is 0 Å². The van der Waals surface area contributed by atoms with Crippen molar-refractivity contribution < 1.29 is 14.9 Å². The number of aryl methyl sites for hydroxylation is 1. The van der Waals surface area contributed by atoms with Gasteiger partial charge >= 0.3 is 0 Å². The van der Waals surface area contributed by atoms with Crippen LogP contribution in [0.3, 0.4) is 0 Å². The average molecular weight is 168 g/mol. The first-order chi connectivity index (χ1) is 5.69. The van der Waals surface area contributed by atoms with E-state index >= 15 is 0 Å². The van der Waals surface area contributed by atoms with Gasteiger partial charge in [0.1, 0.15) is 0 Å². The lowest BCUT2D eigenvalue weighted by molar-refractivity contribution is 0.280. The Labute approximate surface area is 71.2 Å². The Hall–Kier alpha value is -1.22. The number of hydrogen-bond donors (Lipinski definition) is 2. The van der Waals surface area contributed by atoms with Crippen LogP contribution in [0.2, 0.25) is 0 Å². The first kappa shape index (κ1) is 8.87. The van der Waals surface area contributed by atoms with Gasteiger partial charge in [0.2, 0.25) is 0 Å². The summed E-state index contributed by atoms with van der Waals surface area (Å²) in [7, 11) is 1.50. The van der Waals surface area contributed by atoms with E-state index in [4.69, 9.17) is 9.84 Å². The Morgan fingerprint density at radius 2 is 2.08 bits per heavy atom. The van der Waals surface area contributed by atoms with E-state index in [2.05, 4.69) is 0 Å². The fraction of sp³-hybridized carbons (Fsp3) is 0.333. The first-order valence-electron chi connectivity index (χ1n) is 3.66. The van der Waals surface area contributed by atoms with Crippen molar-refractivity contribution in [3.63, 3.8) is 0 Å². The number of methoxy groups -OCH3 is 1. The quantitative estimate of drug-likeness (QED) is 0.697. The maximum atomic E-state index is 9.37. The van der Waals surface area contributed by atoms with Gasteiger partial charge in [0.25, 0.3) is 0 Å². The lowest BCUT2D eigenvalue weighted by Crippen LogP contribution is -1.91. The zero-order valence-corrected chi connectivity index (χ0v) is 7.16. The molecular formula is C9H12O3. The summed E-state index contributed by atoms with van der Waals surface area (Å²) >= 11 is 0. The van der Waals surface area contributed by atoms with E-state index in [1.165, 1.54) is 13.2 Å². The molecule has 0 aliphatic carbocycles. The highest BCUT2D eigenvalue weighted by Crippen LogP contribution is 2.30. The fourth-order valence-corrected chi connectivity index (χ4v) is 1.19. The average Bonchev–Trinajstić information content (AvgIpc) is 2.03. The summed E-state index contributed by atoms with van der Waals surface area (Å²) in [6.45, 7) is 1.75. The number of aliphatic hydroxyl groups excluding tert-OH is 1. The number of aromatic hydroxyl groups is 1. The Morgan fingerprint density at radius 1 is 1.42 bits per heavy atom. The molecule has 0 atom stereocenters. The van der Waals surface area contributed by atoms with Gasteiger partial charge in [-0.15, -0.1) is 0 Å². The van der Waals surface area contributed by atoms with Crippen LogP contribution in [0.25, 0.3) is 0 Å². The second-order valence-corrected chi connectivity index (χ2v) is 2.62. The minimum absolute atomic E-state index is 0.0709. The van der Waals surface area contributed by atoms with Crippen LogP contribution in [-0.4, -0.2) is 17.3 Å². The third-order valence-corrected chi connectivity index (χ3v) is 1.70. The molecule has 2 N–H and O–H groups in total. The number of ether oxygens (including phenoxy) is 1. The molecule has 0 saturated carbocycles. The summed E-state index contributed by atoms with van der Waals surface area (Å²) < 4.78 is 4.94. The number of benzene rings is 1. The van der Waals surface area contributed by atoms with Gasteiger partial charge < -0.3 is 14.9 Å². The van der Waals surface area contributed by atoms with E-state index in [-0.39, 0.29) is 12.4 Å². The molecule has 0 aliphatic rings. The maximum Gasteiger partial charge on any atom is 0.163 e. The second-order valence-electron chi connectivity index (χ2n) is 2.62. The SMILES string of the molecule is COc1c(C)cc(CO)cc1O. The molecular weight excluding hydrogens is 156 g/mol. The number of phenolic OH excluding ortho intramolecular Hbond substituents is 1. The highest BCUT2D eigenvalue weighted by molar-refractivity contribution is 5.47. The number of aliphatic hydroxyl groups is 1. The molecule has 0 bridgehead atoms. The van der Waals surface area contributed by atoms with E-state index in [1.54, 1.807) is 6.07 Å². The van der Waals surface area contributed by atoms with E-state index in [0.717, 1.165) is 5.56 Å². The molecule has 0 aromatic heterocycles. The predicted molar refractivity (Wildman–Crippen MR) is 45.3 cm³/mol. The maximum absolute atomic E-state index is 9.37. The van der Waals surface area contributed by atoms with Crippen LogP contribution in [0.15, 0.2) is 12.1 Å². The Balaban J connectivity index is 3.18. The monoisotopic (exact) mass is 168 g/mol. The van der Waals surface area contributed by atoms with Crippen molar-refractivity contribution in [2.24, 2.45) is 0 Å². The van der Waals surface area contributed by atoms with Gasteiger partial charge in [0.05, 0.1) is 13.7 Å². The number of hydrogen-bond acceptors (Lipinski definition) is 3. The zero-order valence-electron chi connectivity index (χ0n) is 7.16. The van der Waals surface area contributed by atoms with Crippen LogP contribution in [-0.2, 0) is 6.61 Å². The Kier molecular flexibility index (Phi) is 2.55. The van der Waals surface area contributed by atoms with Crippen LogP contribution < -0.4 is 4.74 Å². The van der Waals surface area contributed by atoms with Crippen molar-refractivity contribution in [2.45, 2.75) is 13.5 Å². The molecule has 1 aromatic carbocycles. The highest BCUT2D eigenvalue weighted by atomic mass is 16.5. The molecule has 0 aliphatic heterocycles.